The van der Waals surface area contributed by atoms with Gasteiger partial charge in [0.1, 0.15) is 0 Å². The van der Waals surface area contributed by atoms with E-state index in [0.717, 1.165) is 6.92 Å². The maximum atomic E-state index is 12.8. The molecule has 1 aromatic carbocycles. The van der Waals surface area contributed by atoms with E-state index in [1.807, 2.05) is 0 Å². The number of carbonyl (C=O) groups excluding carboxylic acids is 1. The fourth-order valence-electron chi connectivity index (χ4n) is 1.51. The zero-order chi connectivity index (χ0) is 12.8. The topological polar surface area (TPSA) is 41.1 Å². The summed E-state index contributed by atoms with van der Waals surface area (Å²) < 4.78 is 38.5. The lowest BCUT2D eigenvalue weighted by Gasteiger charge is -2.37. The van der Waals surface area contributed by atoms with Crippen LogP contribution in [0.15, 0.2) is 18.2 Å². The second-order valence-corrected chi connectivity index (χ2v) is 4.27. The monoisotopic (exact) mass is 264 g/mol. The van der Waals surface area contributed by atoms with Gasteiger partial charge in [-0.1, -0.05) is 17.7 Å². The SMILES string of the molecule is CC1(C(F)(F)F)Nc2c(Cl)cccc2NC1=O. The molecular weight excluding hydrogens is 257 g/mol. The van der Waals surface area contributed by atoms with E-state index in [4.69, 9.17) is 11.6 Å². The summed E-state index contributed by atoms with van der Waals surface area (Å²) in [7, 11) is 0. The van der Waals surface area contributed by atoms with E-state index in [1.165, 1.54) is 12.1 Å². The van der Waals surface area contributed by atoms with Crippen molar-refractivity contribution >= 4 is 28.9 Å². The van der Waals surface area contributed by atoms with E-state index in [0.29, 0.717) is 0 Å². The Balaban J connectivity index is 2.52. The molecule has 0 saturated heterocycles. The van der Waals surface area contributed by atoms with Crippen LogP contribution >= 0.6 is 11.6 Å². The van der Waals surface area contributed by atoms with E-state index in [1.54, 1.807) is 6.07 Å². The van der Waals surface area contributed by atoms with Crippen LogP contribution < -0.4 is 10.6 Å². The highest BCUT2D eigenvalue weighted by atomic mass is 35.5. The minimum Gasteiger partial charge on any atom is -0.361 e. The Labute approximate surface area is 99.9 Å². The molecule has 7 heteroatoms. The molecule has 1 aliphatic heterocycles. The lowest BCUT2D eigenvalue weighted by atomic mass is 9.96. The van der Waals surface area contributed by atoms with E-state index in [2.05, 4.69) is 10.6 Å². The summed E-state index contributed by atoms with van der Waals surface area (Å²) in [5.41, 5.74) is -2.36. The Morgan fingerprint density at radius 3 is 2.59 bits per heavy atom. The molecule has 1 amide bonds. The van der Waals surface area contributed by atoms with Crippen LogP contribution in [0, 0.1) is 0 Å². The molecule has 1 unspecified atom stereocenters. The maximum absolute atomic E-state index is 12.8. The van der Waals surface area contributed by atoms with Crippen LogP contribution in [0.1, 0.15) is 6.92 Å². The molecule has 0 aliphatic carbocycles. The van der Waals surface area contributed by atoms with E-state index in [-0.39, 0.29) is 16.4 Å². The first-order valence-electron chi connectivity index (χ1n) is 4.70. The number of fused-ring (bicyclic) bond motifs is 1. The fourth-order valence-corrected chi connectivity index (χ4v) is 1.73. The van der Waals surface area contributed by atoms with Crippen molar-refractivity contribution in [1.82, 2.24) is 0 Å². The highest BCUT2D eigenvalue weighted by molar-refractivity contribution is 6.34. The number of hydrogen-bond acceptors (Lipinski definition) is 2. The summed E-state index contributed by atoms with van der Waals surface area (Å²) in [5.74, 6) is -1.15. The first-order valence-corrected chi connectivity index (χ1v) is 5.08. The van der Waals surface area contributed by atoms with Gasteiger partial charge < -0.3 is 10.6 Å². The molecular formula is C10H8ClF3N2O. The zero-order valence-corrected chi connectivity index (χ0v) is 9.41. The maximum Gasteiger partial charge on any atom is 0.420 e. The van der Waals surface area contributed by atoms with Gasteiger partial charge in [0.15, 0.2) is 0 Å². The number of benzene rings is 1. The van der Waals surface area contributed by atoms with Crippen LogP contribution in [0.25, 0.3) is 0 Å². The Hall–Kier alpha value is -1.43. The first kappa shape index (κ1) is 12.0. The number of para-hydroxylation sites is 1. The molecule has 2 N–H and O–H groups in total. The minimum atomic E-state index is -4.71. The van der Waals surface area contributed by atoms with Gasteiger partial charge in [0.05, 0.1) is 16.4 Å². The van der Waals surface area contributed by atoms with Gasteiger partial charge in [-0.25, -0.2) is 0 Å². The molecule has 92 valence electrons. The number of rotatable bonds is 0. The smallest absolute Gasteiger partial charge is 0.361 e. The van der Waals surface area contributed by atoms with Crippen molar-refractivity contribution in [2.45, 2.75) is 18.6 Å². The number of amides is 1. The third kappa shape index (κ3) is 1.72. The molecule has 0 bridgehead atoms. The Morgan fingerprint density at radius 1 is 1.35 bits per heavy atom. The molecule has 0 spiro atoms. The quantitative estimate of drug-likeness (QED) is 0.756. The van der Waals surface area contributed by atoms with Crippen LogP contribution in [-0.4, -0.2) is 17.6 Å². The molecule has 0 radical (unpaired) electrons. The predicted molar refractivity (Wildman–Crippen MR) is 58.2 cm³/mol. The average molecular weight is 265 g/mol. The average Bonchev–Trinajstić information content (AvgIpc) is 2.20. The Morgan fingerprint density at radius 2 is 2.00 bits per heavy atom. The van der Waals surface area contributed by atoms with Gasteiger partial charge >= 0.3 is 6.18 Å². The van der Waals surface area contributed by atoms with Crippen molar-refractivity contribution < 1.29 is 18.0 Å². The van der Waals surface area contributed by atoms with Gasteiger partial charge in [0, 0.05) is 0 Å². The van der Waals surface area contributed by atoms with Crippen molar-refractivity contribution in [1.29, 1.82) is 0 Å². The number of halogens is 4. The molecule has 2 rings (SSSR count). The summed E-state index contributed by atoms with van der Waals surface area (Å²) in [6.45, 7) is 0.772. The van der Waals surface area contributed by atoms with Crippen molar-refractivity contribution in [3.05, 3.63) is 23.2 Å². The van der Waals surface area contributed by atoms with Crippen molar-refractivity contribution in [3.8, 4) is 0 Å². The van der Waals surface area contributed by atoms with Gasteiger partial charge in [0.2, 0.25) is 5.54 Å². The summed E-state index contributed by atoms with van der Waals surface area (Å²) in [5, 5.41) is 4.48. The lowest BCUT2D eigenvalue weighted by molar-refractivity contribution is -0.179. The lowest BCUT2D eigenvalue weighted by Crippen LogP contribution is -2.60. The van der Waals surface area contributed by atoms with E-state index in [9.17, 15) is 18.0 Å². The van der Waals surface area contributed by atoms with Gasteiger partial charge in [-0.2, -0.15) is 13.2 Å². The summed E-state index contributed by atoms with van der Waals surface area (Å²) >= 11 is 5.79. The van der Waals surface area contributed by atoms with Crippen LogP contribution in [0.5, 0.6) is 0 Å². The predicted octanol–water partition coefficient (Wildman–Crippen LogP) is 3.03. The molecule has 1 aromatic rings. The molecule has 17 heavy (non-hydrogen) atoms. The van der Waals surface area contributed by atoms with Gasteiger partial charge in [0.25, 0.3) is 5.91 Å². The third-order valence-electron chi connectivity index (χ3n) is 2.66. The van der Waals surface area contributed by atoms with Crippen LogP contribution in [0.2, 0.25) is 5.02 Å². The highest BCUT2D eigenvalue weighted by Crippen LogP contribution is 2.42. The first-order chi connectivity index (χ1) is 7.75. The molecule has 1 heterocycles. The van der Waals surface area contributed by atoms with Crippen LogP contribution in [0.3, 0.4) is 0 Å². The second-order valence-electron chi connectivity index (χ2n) is 3.86. The number of nitrogens with one attached hydrogen (secondary N) is 2. The number of alkyl halides is 3. The molecule has 0 fully saturated rings. The number of anilines is 2. The standard InChI is InChI=1S/C10H8ClF3N2O/c1-9(10(12,13)14)8(17)15-6-4-2-3-5(11)7(6)16-9/h2-4,16H,1H3,(H,15,17). The van der Waals surface area contributed by atoms with Gasteiger partial charge in [-0.15, -0.1) is 0 Å². The van der Waals surface area contributed by atoms with Crippen LogP contribution in [-0.2, 0) is 4.79 Å². The Kier molecular flexibility index (Phi) is 2.50. The molecule has 0 aromatic heterocycles. The second kappa shape index (κ2) is 3.53. The summed E-state index contributed by atoms with van der Waals surface area (Å²) in [6.07, 6.45) is -4.71. The van der Waals surface area contributed by atoms with Crippen LogP contribution in [0.4, 0.5) is 24.5 Å². The van der Waals surface area contributed by atoms with Crippen molar-refractivity contribution in [3.63, 3.8) is 0 Å². The fraction of sp³-hybridized carbons (Fsp3) is 0.300. The molecule has 1 aliphatic rings. The van der Waals surface area contributed by atoms with Crippen molar-refractivity contribution in [2.24, 2.45) is 0 Å². The van der Waals surface area contributed by atoms with E-state index < -0.39 is 17.6 Å². The molecule has 1 atom stereocenters. The normalized spacial score (nSPS) is 23.7. The van der Waals surface area contributed by atoms with E-state index >= 15 is 0 Å². The third-order valence-corrected chi connectivity index (χ3v) is 2.97. The van der Waals surface area contributed by atoms with Gasteiger partial charge in [-0.3, -0.25) is 4.79 Å². The highest BCUT2D eigenvalue weighted by Gasteiger charge is 2.59. The summed E-state index contributed by atoms with van der Waals surface area (Å²) in [4.78, 5) is 11.5. The van der Waals surface area contributed by atoms with Crippen molar-refractivity contribution in [2.75, 3.05) is 10.6 Å². The zero-order valence-electron chi connectivity index (χ0n) is 8.65. The van der Waals surface area contributed by atoms with Gasteiger partial charge in [-0.05, 0) is 19.1 Å². The minimum absolute atomic E-state index is 0.0774. The Bertz CT molecular complexity index is 489. The number of hydrogen-bond donors (Lipinski definition) is 2. The molecule has 3 nitrogen and oxygen atoms in total. The molecule has 0 saturated carbocycles. The summed E-state index contributed by atoms with van der Waals surface area (Å²) in [6, 6.07) is 4.46. The largest absolute Gasteiger partial charge is 0.420 e. The number of carbonyl (C=O) groups is 1.